The lowest BCUT2D eigenvalue weighted by molar-refractivity contribution is 0.0953. The smallest absolute Gasteiger partial charge is 0.256 e. The average molecular weight is 372 g/mol. The van der Waals surface area contributed by atoms with Gasteiger partial charge in [-0.05, 0) is 49.6 Å². The summed E-state index contributed by atoms with van der Waals surface area (Å²) in [4.78, 5) is 12.5. The monoisotopic (exact) mass is 371 g/mol. The molecule has 0 unspecified atom stereocenters. The van der Waals surface area contributed by atoms with Crippen LogP contribution in [0.15, 0.2) is 54.6 Å². The first kappa shape index (κ1) is 18.1. The molecule has 0 atom stereocenters. The van der Waals surface area contributed by atoms with Gasteiger partial charge in [-0.3, -0.25) is 4.79 Å². The van der Waals surface area contributed by atoms with Crippen LogP contribution in [0, 0.1) is 12.7 Å². The molecule has 0 bridgehead atoms. The Kier molecular flexibility index (Phi) is 5.68. The van der Waals surface area contributed by atoms with E-state index in [9.17, 15) is 9.18 Å². The zero-order valence-electron chi connectivity index (χ0n) is 14.4. The molecule has 26 heavy (non-hydrogen) atoms. The molecule has 0 saturated carbocycles. The number of halogens is 2. The maximum absolute atomic E-state index is 13.1. The topological polar surface area (TPSA) is 46.9 Å². The standard InChI is InChI=1S/C20H19ClFN3O/c1-14-18(19(21)25(24-14)17-11-9-16(22)10-12-17)20(26)23-13-5-8-15-6-3-2-4-7-15/h2-4,6-7,9-12H,5,8,13H2,1H3,(H,23,26). The summed E-state index contributed by atoms with van der Waals surface area (Å²) in [5.74, 6) is -0.598. The van der Waals surface area contributed by atoms with Gasteiger partial charge < -0.3 is 5.32 Å². The summed E-state index contributed by atoms with van der Waals surface area (Å²) in [7, 11) is 0. The van der Waals surface area contributed by atoms with Crippen LogP contribution in [-0.4, -0.2) is 22.2 Å². The summed E-state index contributed by atoms with van der Waals surface area (Å²) in [6.45, 7) is 2.27. The number of amides is 1. The number of carbonyl (C=O) groups is 1. The van der Waals surface area contributed by atoms with E-state index >= 15 is 0 Å². The van der Waals surface area contributed by atoms with Crippen molar-refractivity contribution >= 4 is 17.5 Å². The molecule has 0 aliphatic heterocycles. The molecule has 0 spiro atoms. The molecule has 3 rings (SSSR count). The van der Waals surface area contributed by atoms with Gasteiger partial charge >= 0.3 is 0 Å². The fourth-order valence-corrected chi connectivity index (χ4v) is 3.10. The van der Waals surface area contributed by atoms with E-state index in [0.29, 0.717) is 23.5 Å². The van der Waals surface area contributed by atoms with Gasteiger partial charge in [0.05, 0.1) is 16.9 Å². The normalized spacial score (nSPS) is 10.7. The number of aromatic nitrogens is 2. The Balaban J connectivity index is 1.65. The van der Waals surface area contributed by atoms with Crippen molar-refractivity contribution < 1.29 is 9.18 Å². The van der Waals surface area contributed by atoms with Crippen LogP contribution < -0.4 is 5.32 Å². The van der Waals surface area contributed by atoms with Crippen LogP contribution in [0.25, 0.3) is 5.69 Å². The zero-order valence-corrected chi connectivity index (χ0v) is 15.1. The first-order valence-corrected chi connectivity index (χ1v) is 8.77. The van der Waals surface area contributed by atoms with Gasteiger partial charge in [-0.25, -0.2) is 9.07 Å². The van der Waals surface area contributed by atoms with Gasteiger partial charge in [0.1, 0.15) is 11.0 Å². The Morgan fingerprint density at radius 1 is 1.15 bits per heavy atom. The summed E-state index contributed by atoms with van der Waals surface area (Å²) in [5.41, 5.74) is 2.71. The highest BCUT2D eigenvalue weighted by Crippen LogP contribution is 2.23. The van der Waals surface area contributed by atoms with Crippen LogP contribution in [0.1, 0.15) is 28.0 Å². The number of benzene rings is 2. The lowest BCUT2D eigenvalue weighted by Gasteiger charge is -2.06. The van der Waals surface area contributed by atoms with Gasteiger partial charge in [-0.1, -0.05) is 41.9 Å². The highest BCUT2D eigenvalue weighted by molar-refractivity contribution is 6.33. The predicted molar refractivity (Wildman–Crippen MR) is 100 cm³/mol. The molecule has 3 aromatic rings. The summed E-state index contributed by atoms with van der Waals surface area (Å²) >= 11 is 6.35. The maximum Gasteiger partial charge on any atom is 0.256 e. The molecule has 1 heterocycles. The molecular weight excluding hydrogens is 353 g/mol. The molecule has 134 valence electrons. The third-order valence-corrected chi connectivity index (χ3v) is 4.42. The molecule has 1 amide bonds. The van der Waals surface area contributed by atoms with Crippen LogP contribution in [-0.2, 0) is 6.42 Å². The first-order chi connectivity index (χ1) is 12.6. The molecule has 2 aromatic carbocycles. The fraction of sp³-hybridized carbons (Fsp3) is 0.200. The van der Waals surface area contributed by atoms with Crippen LogP contribution in [0.5, 0.6) is 0 Å². The van der Waals surface area contributed by atoms with Gasteiger partial charge in [-0.2, -0.15) is 5.10 Å². The molecule has 0 radical (unpaired) electrons. The highest BCUT2D eigenvalue weighted by atomic mass is 35.5. The predicted octanol–water partition coefficient (Wildman–Crippen LogP) is 4.34. The van der Waals surface area contributed by atoms with Crippen molar-refractivity contribution in [1.29, 1.82) is 0 Å². The van der Waals surface area contributed by atoms with Crippen molar-refractivity contribution in [2.75, 3.05) is 6.54 Å². The van der Waals surface area contributed by atoms with Gasteiger partial charge in [0.2, 0.25) is 0 Å². The fourth-order valence-electron chi connectivity index (χ4n) is 2.74. The van der Waals surface area contributed by atoms with Crippen LogP contribution in [0.3, 0.4) is 0 Å². The van der Waals surface area contributed by atoms with Gasteiger partial charge in [-0.15, -0.1) is 0 Å². The van der Waals surface area contributed by atoms with Crippen LogP contribution >= 0.6 is 11.6 Å². The number of nitrogens with zero attached hydrogens (tertiary/aromatic N) is 2. The van der Waals surface area contributed by atoms with Crippen molar-refractivity contribution in [3.05, 3.63) is 82.4 Å². The van der Waals surface area contributed by atoms with Crippen LogP contribution in [0.4, 0.5) is 4.39 Å². The van der Waals surface area contributed by atoms with E-state index in [1.54, 1.807) is 19.1 Å². The summed E-state index contributed by atoms with van der Waals surface area (Å²) in [6, 6.07) is 15.9. The molecule has 1 N–H and O–H groups in total. The van der Waals surface area contributed by atoms with E-state index in [-0.39, 0.29) is 16.9 Å². The van der Waals surface area contributed by atoms with E-state index in [4.69, 9.17) is 11.6 Å². The van der Waals surface area contributed by atoms with E-state index < -0.39 is 0 Å². The second-order valence-corrected chi connectivity index (χ2v) is 6.34. The van der Waals surface area contributed by atoms with E-state index in [1.165, 1.54) is 22.4 Å². The number of hydrogen-bond donors (Lipinski definition) is 1. The van der Waals surface area contributed by atoms with Gasteiger partial charge in [0.15, 0.2) is 0 Å². The lowest BCUT2D eigenvalue weighted by atomic mass is 10.1. The molecular formula is C20H19ClFN3O. The van der Waals surface area contributed by atoms with Gasteiger partial charge in [0, 0.05) is 6.54 Å². The van der Waals surface area contributed by atoms with Crippen molar-refractivity contribution in [2.24, 2.45) is 0 Å². The highest BCUT2D eigenvalue weighted by Gasteiger charge is 2.20. The average Bonchev–Trinajstić information content (AvgIpc) is 2.94. The lowest BCUT2D eigenvalue weighted by Crippen LogP contribution is -2.25. The Morgan fingerprint density at radius 3 is 2.54 bits per heavy atom. The number of carbonyl (C=O) groups excluding carboxylic acids is 1. The maximum atomic E-state index is 13.1. The zero-order chi connectivity index (χ0) is 18.5. The third kappa shape index (κ3) is 4.11. The Hall–Kier alpha value is -2.66. The largest absolute Gasteiger partial charge is 0.352 e. The molecule has 4 nitrogen and oxygen atoms in total. The van der Waals surface area contributed by atoms with Crippen LogP contribution in [0.2, 0.25) is 5.15 Å². The Morgan fingerprint density at radius 2 is 1.85 bits per heavy atom. The Bertz CT molecular complexity index is 891. The van der Waals surface area contributed by atoms with E-state index in [2.05, 4.69) is 22.5 Å². The van der Waals surface area contributed by atoms with E-state index in [0.717, 1.165) is 12.8 Å². The molecule has 1 aromatic heterocycles. The SMILES string of the molecule is Cc1nn(-c2ccc(F)cc2)c(Cl)c1C(=O)NCCCc1ccccc1. The minimum absolute atomic E-state index is 0.217. The van der Waals surface area contributed by atoms with Crippen molar-refractivity contribution in [3.63, 3.8) is 0 Å². The number of hydrogen-bond acceptors (Lipinski definition) is 2. The second-order valence-electron chi connectivity index (χ2n) is 5.98. The molecule has 0 aliphatic rings. The van der Waals surface area contributed by atoms with Crippen molar-refractivity contribution in [2.45, 2.75) is 19.8 Å². The molecule has 6 heteroatoms. The Labute approximate surface area is 156 Å². The van der Waals surface area contributed by atoms with Crippen molar-refractivity contribution in [1.82, 2.24) is 15.1 Å². The summed E-state index contributed by atoms with van der Waals surface area (Å²) in [6.07, 6.45) is 1.72. The van der Waals surface area contributed by atoms with Crippen molar-refractivity contribution in [3.8, 4) is 5.69 Å². The third-order valence-electron chi connectivity index (χ3n) is 4.07. The second kappa shape index (κ2) is 8.15. The van der Waals surface area contributed by atoms with Gasteiger partial charge in [0.25, 0.3) is 5.91 Å². The molecule has 0 aliphatic carbocycles. The minimum atomic E-state index is -0.342. The summed E-state index contributed by atoms with van der Waals surface area (Å²) < 4.78 is 14.5. The number of nitrogens with one attached hydrogen (secondary N) is 1. The minimum Gasteiger partial charge on any atom is -0.352 e. The molecule has 0 fully saturated rings. The first-order valence-electron chi connectivity index (χ1n) is 8.39. The van der Waals surface area contributed by atoms with E-state index in [1.807, 2.05) is 18.2 Å². The number of aryl methyl sites for hydroxylation is 2. The molecule has 0 saturated heterocycles. The summed E-state index contributed by atoms with van der Waals surface area (Å²) in [5, 5.41) is 7.41. The quantitative estimate of drug-likeness (QED) is 0.655. The number of rotatable bonds is 6.